The summed E-state index contributed by atoms with van der Waals surface area (Å²) in [5.74, 6) is 0. The molecule has 0 aliphatic carbocycles. The number of nitrogens with zero attached hydrogens (tertiary/aromatic N) is 1. The van der Waals surface area contributed by atoms with Crippen LogP contribution in [0.4, 0.5) is 4.79 Å². The first kappa shape index (κ1) is 7.38. The van der Waals surface area contributed by atoms with Crippen LogP contribution in [0.15, 0.2) is 0 Å². The molecule has 1 amide bonds. The average Bonchev–Trinajstić information content (AvgIpc) is 2.11. The monoisotopic (exact) mass is 143 g/mol. The Morgan fingerprint density at radius 2 is 2.30 bits per heavy atom. The lowest BCUT2D eigenvalue weighted by Gasteiger charge is -2.21. The van der Waals surface area contributed by atoms with Crippen LogP contribution in [0.2, 0.25) is 0 Å². The molecule has 0 aromatic rings. The van der Waals surface area contributed by atoms with E-state index in [1.165, 1.54) is 0 Å². The van der Waals surface area contributed by atoms with Crippen LogP contribution in [0.5, 0.6) is 0 Å². The van der Waals surface area contributed by atoms with Crippen molar-refractivity contribution in [2.45, 2.75) is 32.9 Å². The maximum Gasteiger partial charge on any atom is 0.410 e. The number of cyclic esters (lactones) is 1. The molecule has 0 aromatic heterocycles. The first-order chi connectivity index (χ1) is 4.63. The normalized spacial score (nSPS) is 25.8. The van der Waals surface area contributed by atoms with Gasteiger partial charge in [0, 0.05) is 6.04 Å². The van der Waals surface area contributed by atoms with Crippen molar-refractivity contribution < 1.29 is 9.53 Å². The van der Waals surface area contributed by atoms with E-state index in [9.17, 15) is 4.79 Å². The summed E-state index contributed by atoms with van der Waals surface area (Å²) in [6.45, 7) is 6.51. The molecule has 0 bridgehead atoms. The Balaban J connectivity index is 2.63. The SMILES string of the molecule is CC(C)N1C(=O)OC[C@@H]1C. The van der Waals surface area contributed by atoms with Crippen molar-refractivity contribution in [2.24, 2.45) is 0 Å². The molecular weight excluding hydrogens is 130 g/mol. The zero-order valence-electron chi connectivity index (χ0n) is 6.63. The average molecular weight is 143 g/mol. The molecule has 1 fully saturated rings. The lowest BCUT2D eigenvalue weighted by molar-refractivity contribution is 0.150. The molecule has 1 aliphatic rings. The number of hydrogen-bond acceptors (Lipinski definition) is 2. The Kier molecular flexibility index (Phi) is 1.83. The van der Waals surface area contributed by atoms with Gasteiger partial charge < -0.3 is 4.74 Å². The molecule has 0 saturated carbocycles. The topological polar surface area (TPSA) is 29.5 Å². The fraction of sp³-hybridized carbons (Fsp3) is 0.857. The van der Waals surface area contributed by atoms with Crippen LogP contribution < -0.4 is 0 Å². The van der Waals surface area contributed by atoms with Gasteiger partial charge in [-0.05, 0) is 20.8 Å². The van der Waals surface area contributed by atoms with E-state index >= 15 is 0 Å². The van der Waals surface area contributed by atoms with E-state index in [1.807, 2.05) is 20.8 Å². The molecule has 0 radical (unpaired) electrons. The van der Waals surface area contributed by atoms with Gasteiger partial charge in [-0.2, -0.15) is 0 Å². The number of carbonyl (C=O) groups excluding carboxylic acids is 1. The van der Waals surface area contributed by atoms with Crippen molar-refractivity contribution in [1.29, 1.82) is 0 Å². The van der Waals surface area contributed by atoms with Gasteiger partial charge in [-0.15, -0.1) is 0 Å². The second-order valence-electron chi connectivity index (χ2n) is 2.93. The molecule has 1 aliphatic heterocycles. The second-order valence-corrected chi connectivity index (χ2v) is 2.93. The van der Waals surface area contributed by atoms with Crippen LogP contribution in [0.1, 0.15) is 20.8 Å². The number of carbonyl (C=O) groups is 1. The van der Waals surface area contributed by atoms with Crippen LogP contribution in [0.3, 0.4) is 0 Å². The van der Waals surface area contributed by atoms with Crippen molar-refractivity contribution in [3.05, 3.63) is 0 Å². The number of amides is 1. The fourth-order valence-corrected chi connectivity index (χ4v) is 1.25. The molecule has 1 rings (SSSR count). The van der Waals surface area contributed by atoms with Crippen molar-refractivity contribution in [3.8, 4) is 0 Å². The minimum atomic E-state index is -0.178. The number of hydrogen-bond donors (Lipinski definition) is 0. The third kappa shape index (κ3) is 1.08. The van der Waals surface area contributed by atoms with Crippen molar-refractivity contribution >= 4 is 6.09 Å². The van der Waals surface area contributed by atoms with Gasteiger partial charge in [-0.1, -0.05) is 0 Å². The van der Waals surface area contributed by atoms with Crippen LogP contribution in [0, 0.1) is 0 Å². The predicted molar refractivity (Wildman–Crippen MR) is 37.8 cm³/mol. The lowest BCUT2D eigenvalue weighted by atomic mass is 10.2. The molecule has 0 N–H and O–H groups in total. The zero-order valence-corrected chi connectivity index (χ0v) is 6.63. The molecule has 3 nitrogen and oxygen atoms in total. The maximum atomic E-state index is 10.9. The largest absolute Gasteiger partial charge is 0.447 e. The molecule has 1 heterocycles. The quantitative estimate of drug-likeness (QED) is 0.552. The Hall–Kier alpha value is -0.730. The Morgan fingerprint density at radius 3 is 2.50 bits per heavy atom. The summed E-state index contributed by atoms with van der Waals surface area (Å²) in [6.07, 6.45) is -0.178. The summed E-state index contributed by atoms with van der Waals surface area (Å²) in [4.78, 5) is 12.7. The van der Waals surface area contributed by atoms with E-state index in [0.717, 1.165) is 0 Å². The third-order valence-corrected chi connectivity index (χ3v) is 1.69. The first-order valence-corrected chi connectivity index (χ1v) is 3.58. The van der Waals surface area contributed by atoms with Gasteiger partial charge in [0.1, 0.15) is 6.61 Å². The van der Waals surface area contributed by atoms with Crippen LogP contribution in [-0.4, -0.2) is 29.7 Å². The lowest BCUT2D eigenvalue weighted by Crippen LogP contribution is -2.37. The highest BCUT2D eigenvalue weighted by molar-refractivity contribution is 5.70. The van der Waals surface area contributed by atoms with Crippen molar-refractivity contribution in [3.63, 3.8) is 0 Å². The van der Waals surface area contributed by atoms with E-state index in [-0.39, 0.29) is 18.2 Å². The van der Waals surface area contributed by atoms with Crippen LogP contribution in [-0.2, 0) is 4.74 Å². The smallest absolute Gasteiger partial charge is 0.410 e. The highest BCUT2D eigenvalue weighted by Gasteiger charge is 2.30. The summed E-state index contributed by atoms with van der Waals surface area (Å²) in [5, 5.41) is 0. The molecule has 1 atom stereocenters. The zero-order chi connectivity index (χ0) is 7.72. The van der Waals surface area contributed by atoms with Gasteiger partial charge in [0.05, 0.1) is 6.04 Å². The van der Waals surface area contributed by atoms with Crippen LogP contribution >= 0.6 is 0 Å². The van der Waals surface area contributed by atoms with E-state index in [1.54, 1.807) is 4.90 Å². The highest BCUT2D eigenvalue weighted by atomic mass is 16.6. The molecular formula is C7H13NO2. The van der Waals surface area contributed by atoms with Gasteiger partial charge >= 0.3 is 6.09 Å². The van der Waals surface area contributed by atoms with E-state index in [2.05, 4.69) is 0 Å². The Bertz CT molecular complexity index is 145. The second kappa shape index (κ2) is 2.48. The van der Waals surface area contributed by atoms with Gasteiger partial charge in [-0.3, -0.25) is 4.90 Å². The first-order valence-electron chi connectivity index (χ1n) is 3.58. The number of ether oxygens (including phenoxy) is 1. The van der Waals surface area contributed by atoms with Gasteiger partial charge in [-0.25, -0.2) is 4.79 Å². The summed E-state index contributed by atoms with van der Waals surface area (Å²) >= 11 is 0. The molecule has 0 unspecified atom stereocenters. The summed E-state index contributed by atoms with van der Waals surface area (Å²) in [6, 6.07) is 0.498. The maximum absolute atomic E-state index is 10.9. The molecule has 10 heavy (non-hydrogen) atoms. The van der Waals surface area contributed by atoms with Gasteiger partial charge in [0.25, 0.3) is 0 Å². The predicted octanol–water partition coefficient (Wildman–Crippen LogP) is 1.24. The van der Waals surface area contributed by atoms with Crippen LogP contribution in [0.25, 0.3) is 0 Å². The Labute approximate surface area is 61.0 Å². The fourth-order valence-electron chi connectivity index (χ4n) is 1.25. The van der Waals surface area contributed by atoms with Crippen molar-refractivity contribution in [1.82, 2.24) is 4.90 Å². The summed E-state index contributed by atoms with van der Waals surface area (Å²) < 4.78 is 4.83. The highest BCUT2D eigenvalue weighted by Crippen LogP contribution is 2.14. The standard InChI is InChI=1S/C7H13NO2/c1-5(2)8-6(3)4-10-7(8)9/h5-6H,4H2,1-3H3/t6-/m0/s1. The summed E-state index contributed by atoms with van der Waals surface area (Å²) in [5.41, 5.74) is 0. The van der Waals surface area contributed by atoms with E-state index < -0.39 is 0 Å². The minimum Gasteiger partial charge on any atom is -0.447 e. The number of rotatable bonds is 1. The van der Waals surface area contributed by atoms with E-state index in [0.29, 0.717) is 6.61 Å². The molecule has 58 valence electrons. The molecule has 0 aromatic carbocycles. The Morgan fingerprint density at radius 1 is 1.70 bits per heavy atom. The molecule has 1 saturated heterocycles. The summed E-state index contributed by atoms with van der Waals surface area (Å²) in [7, 11) is 0. The van der Waals surface area contributed by atoms with E-state index in [4.69, 9.17) is 4.74 Å². The van der Waals surface area contributed by atoms with Gasteiger partial charge in [0.15, 0.2) is 0 Å². The molecule has 0 spiro atoms. The molecule has 3 heteroatoms. The van der Waals surface area contributed by atoms with Gasteiger partial charge in [0.2, 0.25) is 0 Å². The minimum absolute atomic E-state index is 0.178. The third-order valence-electron chi connectivity index (χ3n) is 1.69. The van der Waals surface area contributed by atoms with Crippen molar-refractivity contribution in [2.75, 3.05) is 6.61 Å².